The summed E-state index contributed by atoms with van der Waals surface area (Å²) in [6.45, 7) is 1.94. The van der Waals surface area contributed by atoms with Crippen molar-refractivity contribution >= 4 is 40.4 Å². The molecular weight excluding hydrogens is 512 g/mol. The molecule has 11 heteroatoms. The molecule has 4 aromatic rings. The van der Waals surface area contributed by atoms with Crippen molar-refractivity contribution in [2.24, 2.45) is 12.8 Å². The largest absolute Gasteiger partial charge is 0.466 e. The number of anilines is 1. The Morgan fingerprint density at radius 2 is 1.85 bits per heavy atom. The molecule has 206 valence electrons. The van der Waals surface area contributed by atoms with Crippen molar-refractivity contribution in [3.05, 3.63) is 83.9 Å². The van der Waals surface area contributed by atoms with Crippen LogP contribution < -0.4 is 15.4 Å². The van der Waals surface area contributed by atoms with Crippen LogP contribution in [0.25, 0.3) is 10.9 Å². The van der Waals surface area contributed by atoms with Gasteiger partial charge in [0.2, 0.25) is 0 Å². The zero-order valence-corrected chi connectivity index (χ0v) is 22.3. The molecule has 0 aliphatic heterocycles. The van der Waals surface area contributed by atoms with Crippen molar-refractivity contribution in [2.75, 3.05) is 18.1 Å². The van der Waals surface area contributed by atoms with E-state index in [0.29, 0.717) is 22.9 Å². The van der Waals surface area contributed by atoms with Gasteiger partial charge in [0, 0.05) is 54.4 Å². The Morgan fingerprint density at radius 3 is 2.52 bits per heavy atom. The lowest BCUT2D eigenvalue weighted by Gasteiger charge is -2.20. The average Bonchev–Trinajstić information content (AvgIpc) is 3.28. The first kappa shape index (κ1) is 28.0. The van der Waals surface area contributed by atoms with Gasteiger partial charge in [-0.05, 0) is 43.2 Å². The summed E-state index contributed by atoms with van der Waals surface area (Å²) in [4.78, 5) is 47.5. The maximum absolute atomic E-state index is 13.2. The van der Waals surface area contributed by atoms with Crippen LogP contribution in [0.4, 0.5) is 10.6 Å². The molecule has 0 saturated carbocycles. The maximum atomic E-state index is 13.2. The van der Waals surface area contributed by atoms with Gasteiger partial charge in [-0.25, -0.2) is 14.8 Å². The Morgan fingerprint density at radius 1 is 1.07 bits per heavy atom. The number of nitrogens with two attached hydrogens (primary N) is 1. The van der Waals surface area contributed by atoms with Crippen LogP contribution in [0.1, 0.15) is 41.3 Å². The van der Waals surface area contributed by atoms with E-state index >= 15 is 0 Å². The van der Waals surface area contributed by atoms with Gasteiger partial charge in [-0.2, -0.15) is 0 Å². The smallest absolute Gasteiger partial charge is 0.420 e. The molecule has 2 aromatic carbocycles. The topological polar surface area (TPSA) is 153 Å². The fraction of sp³-hybridized carbons (Fsp3) is 0.241. The molecule has 0 atom stereocenters. The summed E-state index contributed by atoms with van der Waals surface area (Å²) < 4.78 is 12.5. The lowest BCUT2D eigenvalue weighted by atomic mass is 10.0. The number of nitrogens with zero attached hydrogens (tertiary/aromatic N) is 4. The number of aryl methyl sites for hydroxylation is 2. The lowest BCUT2D eigenvalue weighted by molar-refractivity contribution is -0.142. The SMILES string of the molecule is CCOC(=O)CCN(C(=O)Oc1ccc2c(c1)c(C(=O)CCc1ccc(C(=N)N)cc1)cn2C)c1ccncn1. The highest BCUT2D eigenvalue weighted by molar-refractivity contribution is 6.08. The summed E-state index contributed by atoms with van der Waals surface area (Å²) in [6, 6.07) is 13.9. The molecule has 0 saturated heterocycles. The third-order valence-corrected chi connectivity index (χ3v) is 6.28. The second-order valence-corrected chi connectivity index (χ2v) is 9.01. The molecule has 1 amide bonds. The number of rotatable bonds is 11. The van der Waals surface area contributed by atoms with Crippen LogP contribution in [0, 0.1) is 5.41 Å². The van der Waals surface area contributed by atoms with Crippen LogP contribution in [-0.4, -0.2) is 51.4 Å². The Bertz CT molecular complexity index is 1530. The van der Waals surface area contributed by atoms with E-state index in [2.05, 4.69) is 9.97 Å². The Labute approximate surface area is 231 Å². The number of nitrogen functional groups attached to an aromatic ring is 1. The lowest BCUT2D eigenvalue weighted by Crippen LogP contribution is -2.36. The highest BCUT2D eigenvalue weighted by Crippen LogP contribution is 2.28. The third kappa shape index (κ3) is 6.68. The molecule has 0 aliphatic carbocycles. The van der Waals surface area contributed by atoms with Crippen molar-refractivity contribution in [3.63, 3.8) is 0 Å². The van der Waals surface area contributed by atoms with E-state index in [1.165, 1.54) is 23.5 Å². The van der Waals surface area contributed by atoms with Crippen LogP contribution in [0.2, 0.25) is 0 Å². The van der Waals surface area contributed by atoms with Crippen LogP contribution in [0.5, 0.6) is 5.75 Å². The molecule has 0 spiro atoms. The van der Waals surface area contributed by atoms with Gasteiger partial charge in [-0.1, -0.05) is 24.3 Å². The number of hydrogen-bond donors (Lipinski definition) is 2. The summed E-state index contributed by atoms with van der Waals surface area (Å²) in [5.41, 5.74) is 8.43. The fourth-order valence-corrected chi connectivity index (χ4v) is 4.24. The minimum atomic E-state index is -0.736. The zero-order valence-electron chi connectivity index (χ0n) is 22.3. The first-order valence-electron chi connectivity index (χ1n) is 12.7. The van der Waals surface area contributed by atoms with Crippen molar-refractivity contribution in [1.29, 1.82) is 5.41 Å². The monoisotopic (exact) mass is 542 g/mol. The van der Waals surface area contributed by atoms with Gasteiger partial charge in [0.05, 0.1) is 13.0 Å². The van der Waals surface area contributed by atoms with Crippen molar-refractivity contribution in [3.8, 4) is 5.75 Å². The molecule has 0 radical (unpaired) electrons. The van der Waals surface area contributed by atoms with E-state index < -0.39 is 12.1 Å². The summed E-state index contributed by atoms with van der Waals surface area (Å²) in [6.07, 6.45) is 4.57. The molecule has 11 nitrogen and oxygen atoms in total. The normalized spacial score (nSPS) is 10.8. The van der Waals surface area contributed by atoms with E-state index in [-0.39, 0.29) is 49.2 Å². The van der Waals surface area contributed by atoms with Crippen molar-refractivity contribution in [2.45, 2.75) is 26.2 Å². The second-order valence-electron chi connectivity index (χ2n) is 9.01. The molecule has 0 aliphatic rings. The molecule has 3 N–H and O–H groups in total. The summed E-state index contributed by atoms with van der Waals surface area (Å²) in [5, 5.41) is 8.17. The number of fused-ring (bicyclic) bond motifs is 1. The highest BCUT2D eigenvalue weighted by atomic mass is 16.6. The number of ether oxygens (including phenoxy) is 2. The first-order chi connectivity index (χ1) is 19.3. The quantitative estimate of drug-likeness (QED) is 0.125. The predicted octanol–water partition coefficient (Wildman–Crippen LogP) is 4.03. The van der Waals surface area contributed by atoms with Gasteiger partial charge < -0.3 is 19.8 Å². The minimum Gasteiger partial charge on any atom is -0.466 e. The van der Waals surface area contributed by atoms with Crippen molar-refractivity contribution in [1.82, 2.24) is 14.5 Å². The zero-order chi connectivity index (χ0) is 28.6. The van der Waals surface area contributed by atoms with E-state index in [1.807, 2.05) is 23.7 Å². The number of benzene rings is 2. The Hall–Kier alpha value is -5.06. The number of nitrogens with one attached hydrogen (secondary N) is 1. The number of esters is 1. The summed E-state index contributed by atoms with van der Waals surface area (Å²) in [5.74, 6) is 0.0129. The van der Waals surface area contributed by atoms with E-state index in [1.54, 1.807) is 43.5 Å². The van der Waals surface area contributed by atoms with Gasteiger partial charge in [0.25, 0.3) is 0 Å². The summed E-state index contributed by atoms with van der Waals surface area (Å²) in [7, 11) is 1.84. The van der Waals surface area contributed by atoms with E-state index in [9.17, 15) is 14.4 Å². The molecule has 0 bridgehead atoms. The Kier molecular flexibility index (Phi) is 8.85. The molecule has 2 aromatic heterocycles. The number of carbonyl (C=O) groups is 3. The van der Waals surface area contributed by atoms with E-state index in [0.717, 1.165) is 11.1 Å². The van der Waals surface area contributed by atoms with Crippen molar-refractivity contribution < 1.29 is 23.9 Å². The fourth-order valence-electron chi connectivity index (χ4n) is 4.24. The first-order valence-corrected chi connectivity index (χ1v) is 12.7. The molecule has 0 fully saturated rings. The number of aromatic nitrogens is 3. The van der Waals surface area contributed by atoms with Gasteiger partial charge in [-0.3, -0.25) is 19.9 Å². The standard InChI is InChI=1S/C29H30N6O5/c1-3-39-27(37)13-15-35(26-12-14-32-18-33-26)29(38)40-21-9-10-24-22(16-21)23(17-34(24)2)25(36)11-6-19-4-7-20(8-5-19)28(30)31/h4-5,7-10,12,14,16-18H,3,6,11,13,15H2,1-2H3,(H3,30,31). The molecule has 2 heterocycles. The van der Waals surface area contributed by atoms with Crippen LogP contribution >= 0.6 is 0 Å². The van der Waals surface area contributed by atoms with E-state index in [4.69, 9.17) is 20.6 Å². The van der Waals surface area contributed by atoms with Gasteiger partial charge in [-0.15, -0.1) is 0 Å². The predicted molar refractivity (Wildman–Crippen MR) is 150 cm³/mol. The minimum absolute atomic E-state index is 0.000602. The number of ketones is 1. The number of carbonyl (C=O) groups excluding carboxylic acids is 3. The van der Waals surface area contributed by atoms with Crippen LogP contribution in [-0.2, 0) is 23.0 Å². The summed E-state index contributed by atoms with van der Waals surface area (Å²) >= 11 is 0. The highest BCUT2D eigenvalue weighted by Gasteiger charge is 2.22. The van der Waals surface area contributed by atoms with Gasteiger partial charge in [0.15, 0.2) is 5.78 Å². The second kappa shape index (κ2) is 12.7. The van der Waals surface area contributed by atoms with Crippen LogP contribution in [0.3, 0.4) is 0 Å². The third-order valence-electron chi connectivity index (χ3n) is 6.28. The maximum Gasteiger partial charge on any atom is 0.420 e. The molecule has 4 rings (SSSR count). The number of amides is 1. The Balaban J connectivity index is 1.51. The molecule has 40 heavy (non-hydrogen) atoms. The van der Waals surface area contributed by atoms with Gasteiger partial charge >= 0.3 is 12.1 Å². The van der Waals surface area contributed by atoms with Gasteiger partial charge in [0.1, 0.15) is 23.7 Å². The number of amidine groups is 1. The molecular formula is C29H30N6O5. The molecule has 0 unspecified atom stereocenters. The van der Waals surface area contributed by atoms with Crippen LogP contribution in [0.15, 0.2) is 67.3 Å². The number of Topliss-reactive ketones (excluding diaryl/α,β-unsaturated/α-hetero) is 1. The number of hydrogen-bond acceptors (Lipinski definition) is 8. The average molecular weight is 543 g/mol.